The second kappa shape index (κ2) is 22.9. The summed E-state index contributed by atoms with van der Waals surface area (Å²) >= 11 is 0. The summed E-state index contributed by atoms with van der Waals surface area (Å²) in [6, 6.07) is 24.4. The topological polar surface area (TPSA) is 202 Å². The van der Waals surface area contributed by atoms with Crippen LogP contribution in [0.25, 0.3) is 33.9 Å². The molecule has 0 N–H and O–H groups in total. The molecule has 4 aromatic carbocycles. The van der Waals surface area contributed by atoms with Gasteiger partial charge in [0, 0.05) is 25.0 Å². The number of carbonyl (C=O) groups is 2. The van der Waals surface area contributed by atoms with Gasteiger partial charge in [-0.3, -0.25) is 9.59 Å². The summed E-state index contributed by atoms with van der Waals surface area (Å²) in [6.45, 7) is 6.08. The molecule has 0 aliphatic heterocycles. The van der Waals surface area contributed by atoms with E-state index < -0.39 is 104 Å². The fourth-order valence-corrected chi connectivity index (χ4v) is 9.51. The van der Waals surface area contributed by atoms with Crippen molar-refractivity contribution in [3.63, 3.8) is 0 Å². The maximum absolute atomic E-state index is 13.7. The standard InChI is InChI=1S/C48H50F6N7O11S2/c1-7-39(69-29-57(33(5)62)73(65,66)41-21-17-37(18-22-41)59-43(25-45(55-59)47(49,50)51)35-13-9-31(3)10-14-35)27-71-61(64)72-28-40(8-2)70-30-58(34(6)63)74(67,68)42-23-19-38(20-24-42)60-44(26-46(56-60)48(52,53)54)36-15-11-32(4)12-16-36/h9-26,39-40H,7-8,27-30H2,1-6H3/q+1. The number of nitrogens with zero attached hydrogens (tertiary/aromatic N) is 7. The lowest BCUT2D eigenvalue weighted by atomic mass is 10.1. The first-order valence-corrected chi connectivity index (χ1v) is 25.3. The Hall–Kier alpha value is -7.16. The van der Waals surface area contributed by atoms with Crippen LogP contribution in [0.3, 0.4) is 0 Å². The van der Waals surface area contributed by atoms with Gasteiger partial charge in [0.05, 0.1) is 32.6 Å². The molecule has 18 nitrogen and oxygen atoms in total. The third kappa shape index (κ3) is 13.3. The zero-order valence-electron chi connectivity index (χ0n) is 40.5. The van der Waals surface area contributed by atoms with Gasteiger partial charge in [-0.2, -0.15) is 46.2 Å². The van der Waals surface area contributed by atoms with Gasteiger partial charge < -0.3 is 9.47 Å². The maximum Gasteiger partial charge on any atom is 0.477 e. The molecule has 2 aromatic heterocycles. The number of carbonyl (C=O) groups excluding carboxylic acids is 2. The van der Waals surface area contributed by atoms with E-state index in [1.165, 1.54) is 24.3 Å². The van der Waals surface area contributed by atoms with Crippen LogP contribution in [0.4, 0.5) is 26.3 Å². The molecule has 6 rings (SSSR count). The maximum atomic E-state index is 13.7. The summed E-state index contributed by atoms with van der Waals surface area (Å²) in [5.74, 6) is -1.91. The average molecular weight is 1080 g/mol. The van der Waals surface area contributed by atoms with Crippen molar-refractivity contribution in [2.45, 2.75) is 88.7 Å². The number of aryl methyl sites for hydroxylation is 2. The molecule has 396 valence electrons. The van der Waals surface area contributed by atoms with E-state index in [4.69, 9.17) is 19.1 Å². The van der Waals surface area contributed by atoms with Crippen molar-refractivity contribution in [2.24, 2.45) is 0 Å². The fourth-order valence-electron chi connectivity index (χ4n) is 6.96. The number of hydrogen-bond donors (Lipinski definition) is 0. The monoisotopic (exact) mass is 1080 g/mol. The van der Waals surface area contributed by atoms with E-state index in [-0.39, 0.29) is 40.7 Å². The molecule has 0 bridgehead atoms. The molecule has 0 saturated carbocycles. The number of halogens is 6. The van der Waals surface area contributed by atoms with Crippen LogP contribution in [0.15, 0.2) is 119 Å². The molecular weight excluding hydrogens is 1030 g/mol. The van der Waals surface area contributed by atoms with Gasteiger partial charge in [-0.25, -0.2) is 34.8 Å². The minimum atomic E-state index is -4.78. The quantitative estimate of drug-likeness (QED) is 0.0355. The zero-order valence-corrected chi connectivity index (χ0v) is 42.1. The largest absolute Gasteiger partial charge is 0.477 e. The van der Waals surface area contributed by atoms with Crippen molar-refractivity contribution >= 4 is 31.9 Å². The molecule has 26 heteroatoms. The van der Waals surface area contributed by atoms with Crippen LogP contribution in [-0.4, -0.2) is 101 Å². The Balaban J connectivity index is 1.03. The molecule has 0 radical (unpaired) electrons. The van der Waals surface area contributed by atoms with Crippen LogP contribution in [0, 0.1) is 18.8 Å². The molecule has 6 aromatic rings. The Morgan fingerprint density at radius 1 is 0.581 bits per heavy atom. The number of hydrogen-bond acceptors (Lipinski definition) is 13. The highest BCUT2D eigenvalue weighted by molar-refractivity contribution is 7.90. The van der Waals surface area contributed by atoms with E-state index in [9.17, 15) is 57.7 Å². The number of sulfonamides is 2. The van der Waals surface area contributed by atoms with Crippen LogP contribution in [0.1, 0.15) is 63.1 Å². The highest BCUT2D eigenvalue weighted by atomic mass is 32.2. The Labute approximate surface area is 421 Å². The third-order valence-corrected chi connectivity index (χ3v) is 14.9. The predicted molar refractivity (Wildman–Crippen MR) is 252 cm³/mol. The van der Waals surface area contributed by atoms with Crippen molar-refractivity contribution in [3.8, 4) is 33.9 Å². The molecule has 74 heavy (non-hydrogen) atoms. The van der Waals surface area contributed by atoms with Crippen LogP contribution in [-0.2, 0) is 61.1 Å². The first-order chi connectivity index (χ1) is 34.7. The number of rotatable bonds is 22. The summed E-state index contributed by atoms with van der Waals surface area (Å²) in [4.78, 5) is 47.2. The SMILES string of the molecule is CCC(CO[N+](=O)OCC(CC)OCN(C(C)=O)S(=O)(=O)c1ccc(-n2nc(C(F)(F)F)cc2-c2ccc(C)cc2)cc1)OCN(C(C)=O)S(=O)(=O)c1ccc(-n2nc(C(F)(F)F)cc2-c2ccc(C)cc2)cc1. The van der Waals surface area contributed by atoms with Crippen LogP contribution in [0.2, 0.25) is 0 Å². The van der Waals surface area contributed by atoms with Crippen LogP contribution < -0.4 is 0 Å². The molecule has 2 amide bonds. The van der Waals surface area contributed by atoms with Crippen molar-refractivity contribution in [2.75, 3.05) is 26.7 Å². The van der Waals surface area contributed by atoms with Gasteiger partial charge in [0.15, 0.2) is 24.6 Å². The lowest BCUT2D eigenvalue weighted by molar-refractivity contribution is -0.982. The number of alkyl halides is 6. The molecule has 0 aliphatic carbocycles. The Kier molecular flexibility index (Phi) is 17.4. The molecular formula is C48H50F6N7O11S2+. The second-order valence-electron chi connectivity index (χ2n) is 16.6. The normalized spacial score (nSPS) is 13.0. The summed E-state index contributed by atoms with van der Waals surface area (Å²) < 4.78 is 151. The van der Waals surface area contributed by atoms with Gasteiger partial charge >= 0.3 is 17.4 Å². The van der Waals surface area contributed by atoms with Gasteiger partial charge in [-0.15, -0.1) is 0 Å². The molecule has 2 atom stereocenters. The van der Waals surface area contributed by atoms with Crippen molar-refractivity contribution in [1.82, 2.24) is 28.2 Å². The van der Waals surface area contributed by atoms with Gasteiger partial charge in [0.25, 0.3) is 20.0 Å². The summed E-state index contributed by atoms with van der Waals surface area (Å²) in [6.07, 6.45) is -11.3. The van der Waals surface area contributed by atoms with E-state index >= 15 is 0 Å². The predicted octanol–water partition coefficient (Wildman–Crippen LogP) is 8.97. The first kappa shape index (κ1) is 56.1. The van der Waals surface area contributed by atoms with Crippen molar-refractivity contribution in [3.05, 3.63) is 137 Å². The molecule has 0 aliphatic rings. The second-order valence-corrected chi connectivity index (χ2v) is 20.3. The summed E-state index contributed by atoms with van der Waals surface area (Å²) in [5.41, 5.74) is 0.599. The molecule has 2 heterocycles. The minimum absolute atomic E-state index is 0.0894. The van der Waals surface area contributed by atoms with Crippen LogP contribution >= 0.6 is 0 Å². The van der Waals surface area contributed by atoms with Gasteiger partial charge in [-0.1, -0.05) is 73.5 Å². The zero-order chi connectivity index (χ0) is 54.3. The van der Waals surface area contributed by atoms with E-state index in [0.717, 1.165) is 70.7 Å². The molecule has 0 fully saturated rings. The highest BCUT2D eigenvalue weighted by Gasteiger charge is 2.37. The molecule has 0 saturated heterocycles. The minimum Gasteiger partial charge on any atom is -0.353 e. The average Bonchev–Trinajstić information content (AvgIpc) is 4.01. The van der Waals surface area contributed by atoms with Crippen molar-refractivity contribution in [1.29, 1.82) is 0 Å². The smallest absolute Gasteiger partial charge is 0.353 e. The van der Waals surface area contributed by atoms with Gasteiger partial charge in [0.2, 0.25) is 11.8 Å². The van der Waals surface area contributed by atoms with E-state index in [1.54, 1.807) is 62.4 Å². The fraction of sp³-hybridized carbons (Fsp3) is 0.333. The summed E-state index contributed by atoms with van der Waals surface area (Å²) in [5, 5.41) is 7.17. The van der Waals surface area contributed by atoms with Crippen molar-refractivity contribution < 1.29 is 77.0 Å². The summed E-state index contributed by atoms with van der Waals surface area (Å²) in [7, 11) is -9.22. The van der Waals surface area contributed by atoms with E-state index in [2.05, 4.69) is 10.2 Å². The number of aromatic nitrogens is 4. The molecule has 2 unspecified atom stereocenters. The third-order valence-electron chi connectivity index (χ3n) is 11.2. The Morgan fingerprint density at radius 3 is 1.19 bits per heavy atom. The lowest BCUT2D eigenvalue weighted by Gasteiger charge is -2.23. The van der Waals surface area contributed by atoms with E-state index in [0.29, 0.717) is 19.7 Å². The molecule has 0 spiro atoms. The van der Waals surface area contributed by atoms with Gasteiger partial charge in [-0.05, 0) is 87.4 Å². The number of ether oxygens (including phenoxy) is 2. The van der Waals surface area contributed by atoms with Gasteiger partial charge in [0.1, 0.15) is 30.6 Å². The lowest BCUT2D eigenvalue weighted by Crippen LogP contribution is -2.39. The first-order valence-electron chi connectivity index (χ1n) is 22.5. The van der Waals surface area contributed by atoms with E-state index in [1.807, 2.05) is 13.8 Å². The highest BCUT2D eigenvalue weighted by Crippen LogP contribution is 2.35. The van der Waals surface area contributed by atoms with Crippen LogP contribution in [0.5, 0.6) is 0 Å². The Bertz CT molecular complexity index is 2960. The number of benzene rings is 4. The number of amides is 2. The Morgan fingerprint density at radius 2 is 0.905 bits per heavy atom.